The summed E-state index contributed by atoms with van der Waals surface area (Å²) in [5.41, 5.74) is 3.07. The molecule has 0 aliphatic heterocycles. The number of rotatable bonds is 7. The highest BCUT2D eigenvalue weighted by molar-refractivity contribution is 5.89. The molecule has 2 N–H and O–H groups in total. The van der Waals surface area contributed by atoms with E-state index in [1.54, 1.807) is 25.5 Å². The lowest BCUT2D eigenvalue weighted by Gasteiger charge is -2.07. The van der Waals surface area contributed by atoms with E-state index in [0.717, 1.165) is 22.7 Å². The molecule has 0 atom stereocenters. The van der Waals surface area contributed by atoms with Gasteiger partial charge < -0.3 is 19.8 Å². The van der Waals surface area contributed by atoms with Crippen LogP contribution in [0.1, 0.15) is 5.69 Å². The Bertz CT molecular complexity index is 1090. The van der Waals surface area contributed by atoms with E-state index in [1.165, 1.54) is 11.0 Å². The summed E-state index contributed by atoms with van der Waals surface area (Å²) in [4.78, 5) is 16.5. The summed E-state index contributed by atoms with van der Waals surface area (Å²) in [6, 6.07) is 14.3. The predicted molar refractivity (Wildman–Crippen MR) is 108 cm³/mol. The van der Waals surface area contributed by atoms with Crippen LogP contribution < -0.4 is 15.4 Å². The van der Waals surface area contributed by atoms with E-state index in [9.17, 15) is 4.79 Å². The topological polar surface area (TPSA) is 120 Å². The number of ether oxygens (including phenoxy) is 1. The van der Waals surface area contributed by atoms with Gasteiger partial charge in [-0.25, -0.2) is 14.5 Å². The molecule has 10 nitrogen and oxygen atoms in total. The first-order valence-corrected chi connectivity index (χ1v) is 9.18. The number of carbonyl (C=O) groups excluding carboxylic acids is 1. The van der Waals surface area contributed by atoms with Crippen LogP contribution in [-0.4, -0.2) is 44.9 Å². The number of oxazole rings is 1. The molecule has 0 aliphatic carbocycles. The maximum atomic E-state index is 12.1. The Labute approximate surface area is 171 Å². The standard InChI is InChI=1S/C20H19N7O3/c1-29-18-8-2-14(3-9-18)19-23-16(12-30-19)10-11-21-20(28)24-15-4-6-17(7-5-15)27-13-22-25-26-27/h2-9,12-13H,10-11H2,1H3,(H2,21,24,28). The van der Waals surface area contributed by atoms with E-state index in [1.807, 2.05) is 36.4 Å². The van der Waals surface area contributed by atoms with Crippen molar-refractivity contribution in [2.75, 3.05) is 19.0 Å². The lowest BCUT2D eigenvalue weighted by molar-refractivity contribution is 0.252. The van der Waals surface area contributed by atoms with Gasteiger partial charge in [-0.05, 0) is 59.0 Å². The molecule has 0 aliphatic rings. The monoisotopic (exact) mass is 405 g/mol. The normalized spacial score (nSPS) is 10.6. The summed E-state index contributed by atoms with van der Waals surface area (Å²) in [5.74, 6) is 1.30. The van der Waals surface area contributed by atoms with E-state index in [-0.39, 0.29) is 6.03 Å². The zero-order valence-electron chi connectivity index (χ0n) is 16.1. The van der Waals surface area contributed by atoms with Crippen molar-refractivity contribution in [1.29, 1.82) is 0 Å². The van der Waals surface area contributed by atoms with Gasteiger partial charge in [0.05, 0.1) is 18.5 Å². The van der Waals surface area contributed by atoms with Crippen molar-refractivity contribution in [1.82, 2.24) is 30.5 Å². The van der Waals surface area contributed by atoms with Crippen molar-refractivity contribution in [3.8, 4) is 22.9 Å². The fraction of sp³-hybridized carbons (Fsp3) is 0.150. The summed E-state index contributed by atoms with van der Waals surface area (Å²) in [6.45, 7) is 0.420. The maximum absolute atomic E-state index is 12.1. The Kier molecular flexibility index (Phi) is 5.65. The van der Waals surface area contributed by atoms with E-state index in [0.29, 0.717) is 24.5 Å². The first kappa shape index (κ1) is 19.1. The maximum Gasteiger partial charge on any atom is 0.319 e. The average Bonchev–Trinajstić information content (AvgIpc) is 3.47. The number of tetrazole rings is 1. The van der Waals surface area contributed by atoms with Crippen LogP contribution in [0.4, 0.5) is 10.5 Å². The summed E-state index contributed by atoms with van der Waals surface area (Å²) in [6.07, 6.45) is 3.64. The molecular weight excluding hydrogens is 386 g/mol. The Hall–Kier alpha value is -4.21. The van der Waals surface area contributed by atoms with Gasteiger partial charge in [0.1, 0.15) is 18.3 Å². The van der Waals surface area contributed by atoms with Crippen molar-refractivity contribution < 1.29 is 13.9 Å². The minimum absolute atomic E-state index is 0.302. The van der Waals surface area contributed by atoms with Crippen LogP contribution in [0.2, 0.25) is 0 Å². The van der Waals surface area contributed by atoms with Crippen LogP contribution in [0, 0.1) is 0 Å². The number of hydrogen-bond donors (Lipinski definition) is 2. The molecule has 4 rings (SSSR count). The van der Waals surface area contributed by atoms with Crippen molar-refractivity contribution in [2.45, 2.75) is 6.42 Å². The molecule has 152 valence electrons. The van der Waals surface area contributed by atoms with Gasteiger partial charge in [0.2, 0.25) is 5.89 Å². The zero-order chi connectivity index (χ0) is 20.8. The predicted octanol–water partition coefficient (Wildman–Crippen LogP) is 2.69. The molecule has 4 aromatic rings. The molecule has 0 unspecified atom stereocenters. The van der Waals surface area contributed by atoms with Gasteiger partial charge in [0, 0.05) is 24.2 Å². The van der Waals surface area contributed by atoms with Crippen LogP contribution in [-0.2, 0) is 6.42 Å². The van der Waals surface area contributed by atoms with Crippen molar-refractivity contribution in [3.63, 3.8) is 0 Å². The number of benzene rings is 2. The molecular formula is C20H19N7O3. The van der Waals surface area contributed by atoms with Crippen LogP contribution in [0.15, 0.2) is 65.5 Å². The molecule has 2 aromatic carbocycles. The average molecular weight is 405 g/mol. The minimum atomic E-state index is -0.302. The first-order chi connectivity index (χ1) is 14.7. The van der Waals surface area contributed by atoms with E-state index < -0.39 is 0 Å². The summed E-state index contributed by atoms with van der Waals surface area (Å²) < 4.78 is 12.2. The summed E-state index contributed by atoms with van der Waals surface area (Å²) >= 11 is 0. The lowest BCUT2D eigenvalue weighted by Crippen LogP contribution is -2.30. The number of hydrogen-bond acceptors (Lipinski definition) is 7. The summed E-state index contributed by atoms with van der Waals surface area (Å²) in [7, 11) is 1.62. The van der Waals surface area contributed by atoms with Gasteiger partial charge >= 0.3 is 6.03 Å². The molecule has 30 heavy (non-hydrogen) atoms. The van der Waals surface area contributed by atoms with E-state index in [4.69, 9.17) is 9.15 Å². The smallest absolute Gasteiger partial charge is 0.319 e. The van der Waals surface area contributed by atoms with E-state index in [2.05, 4.69) is 31.1 Å². The van der Waals surface area contributed by atoms with Gasteiger partial charge in [-0.15, -0.1) is 5.10 Å². The Morgan fingerprint density at radius 2 is 1.93 bits per heavy atom. The van der Waals surface area contributed by atoms with Gasteiger partial charge in [0.15, 0.2) is 0 Å². The third kappa shape index (κ3) is 4.61. The highest BCUT2D eigenvalue weighted by Crippen LogP contribution is 2.21. The zero-order valence-corrected chi connectivity index (χ0v) is 16.1. The van der Waals surface area contributed by atoms with Crippen molar-refractivity contribution >= 4 is 11.7 Å². The number of amides is 2. The number of anilines is 1. The van der Waals surface area contributed by atoms with Crippen molar-refractivity contribution in [3.05, 3.63) is 66.8 Å². The van der Waals surface area contributed by atoms with Crippen LogP contribution in [0.25, 0.3) is 17.1 Å². The summed E-state index contributed by atoms with van der Waals surface area (Å²) in [5, 5.41) is 16.6. The van der Waals surface area contributed by atoms with Crippen LogP contribution >= 0.6 is 0 Å². The number of nitrogens with zero attached hydrogens (tertiary/aromatic N) is 5. The number of urea groups is 1. The fourth-order valence-electron chi connectivity index (χ4n) is 2.74. The molecule has 10 heteroatoms. The Morgan fingerprint density at radius 1 is 1.13 bits per heavy atom. The second-order valence-electron chi connectivity index (χ2n) is 6.30. The van der Waals surface area contributed by atoms with Crippen LogP contribution in [0.5, 0.6) is 5.75 Å². The second-order valence-corrected chi connectivity index (χ2v) is 6.30. The second kappa shape index (κ2) is 8.86. The largest absolute Gasteiger partial charge is 0.497 e. The number of nitrogens with one attached hydrogen (secondary N) is 2. The number of carbonyl (C=O) groups is 1. The van der Waals surface area contributed by atoms with Crippen LogP contribution in [0.3, 0.4) is 0 Å². The third-order valence-electron chi connectivity index (χ3n) is 4.29. The van der Waals surface area contributed by atoms with Gasteiger partial charge in [-0.1, -0.05) is 0 Å². The molecule has 0 saturated carbocycles. The molecule has 0 bridgehead atoms. The van der Waals surface area contributed by atoms with E-state index >= 15 is 0 Å². The lowest BCUT2D eigenvalue weighted by atomic mass is 10.2. The third-order valence-corrected chi connectivity index (χ3v) is 4.29. The Morgan fingerprint density at radius 3 is 2.63 bits per heavy atom. The molecule has 2 aromatic heterocycles. The van der Waals surface area contributed by atoms with Gasteiger partial charge in [-0.2, -0.15) is 0 Å². The number of aromatic nitrogens is 5. The fourth-order valence-corrected chi connectivity index (χ4v) is 2.74. The van der Waals surface area contributed by atoms with Gasteiger partial charge in [0.25, 0.3) is 0 Å². The molecule has 0 fully saturated rings. The van der Waals surface area contributed by atoms with Gasteiger partial charge in [-0.3, -0.25) is 0 Å². The molecule has 2 heterocycles. The SMILES string of the molecule is COc1ccc(-c2nc(CCNC(=O)Nc3ccc(-n4cnnn4)cc3)co2)cc1. The quantitative estimate of drug-likeness (QED) is 0.485. The molecule has 0 radical (unpaired) electrons. The Balaban J connectivity index is 1.25. The highest BCUT2D eigenvalue weighted by atomic mass is 16.5. The highest BCUT2D eigenvalue weighted by Gasteiger charge is 2.08. The molecule has 0 saturated heterocycles. The minimum Gasteiger partial charge on any atom is -0.497 e. The first-order valence-electron chi connectivity index (χ1n) is 9.18. The van der Waals surface area contributed by atoms with Crippen molar-refractivity contribution in [2.24, 2.45) is 0 Å². The number of methoxy groups -OCH3 is 1. The molecule has 0 spiro atoms. The molecule has 2 amide bonds.